The molecule has 0 spiro atoms. The number of unbranched alkanes of at least 4 members (excludes halogenated alkanes) is 16. The number of rotatable bonds is 36. The molecule has 1 aliphatic carbocycles. The smallest absolute Gasteiger partial charge is 0.457 e. The lowest BCUT2D eigenvalue weighted by Gasteiger charge is -2.41. The molecule has 0 aliphatic heterocycles. The molecule has 13 heteroatoms. The molecule has 0 saturated heterocycles. The van der Waals surface area contributed by atoms with E-state index in [-0.39, 0.29) is 13.0 Å². The first-order chi connectivity index (χ1) is 27.5. The summed E-state index contributed by atoms with van der Waals surface area (Å²) in [6.45, 7) is 4.09. The lowest BCUT2D eigenvalue weighted by atomic mass is 9.85. The minimum absolute atomic E-state index is 0.0861. The maximum absolute atomic E-state index is 12.8. The van der Waals surface area contributed by atoms with Gasteiger partial charge in [-0.05, 0) is 70.6 Å². The van der Waals surface area contributed by atoms with Gasteiger partial charge in [0.2, 0.25) is 0 Å². The molecule has 1 fully saturated rings. The molecule has 0 bridgehead atoms. The van der Waals surface area contributed by atoms with E-state index in [1.807, 2.05) is 0 Å². The number of esters is 1. The van der Waals surface area contributed by atoms with Crippen LogP contribution in [0.25, 0.3) is 0 Å². The van der Waals surface area contributed by atoms with Crippen molar-refractivity contribution in [3.8, 4) is 0 Å². The molecule has 6 atom stereocenters. The van der Waals surface area contributed by atoms with Crippen LogP contribution in [0.3, 0.4) is 0 Å². The van der Waals surface area contributed by atoms with Crippen LogP contribution in [0.2, 0.25) is 0 Å². The molecule has 1 rings (SSSR count). The SMILES string of the molecule is CC/C=C\C/C=C\C/C=C\CCCCCCCCCC(=O)OC(COCCCCCCCC/C=C\CCCCC)COP(=O)(O)OC1C(O)C(O)C(O)C(O)C1O. The highest BCUT2D eigenvalue weighted by molar-refractivity contribution is 7.47. The van der Waals surface area contributed by atoms with Crippen molar-refractivity contribution in [2.24, 2.45) is 0 Å². The summed E-state index contributed by atoms with van der Waals surface area (Å²) in [4.78, 5) is 23.1. The van der Waals surface area contributed by atoms with Crippen molar-refractivity contribution in [3.63, 3.8) is 0 Å². The van der Waals surface area contributed by atoms with Gasteiger partial charge in [0.25, 0.3) is 0 Å². The summed E-state index contributed by atoms with van der Waals surface area (Å²) < 4.78 is 34.1. The average Bonchev–Trinajstić information content (AvgIpc) is 3.19. The van der Waals surface area contributed by atoms with Gasteiger partial charge in [0, 0.05) is 13.0 Å². The Bertz CT molecular complexity index is 1130. The Morgan fingerprint density at radius 3 is 1.60 bits per heavy atom. The predicted octanol–water partition coefficient (Wildman–Crippen LogP) is 8.47. The van der Waals surface area contributed by atoms with Crippen LogP contribution in [0, 0.1) is 0 Å². The maximum atomic E-state index is 12.8. The second kappa shape index (κ2) is 35.1. The van der Waals surface area contributed by atoms with Gasteiger partial charge in [-0.25, -0.2) is 4.57 Å². The van der Waals surface area contributed by atoms with E-state index in [9.17, 15) is 39.8 Å². The molecule has 0 radical (unpaired) electrons. The van der Waals surface area contributed by atoms with Gasteiger partial charge in [-0.1, -0.05) is 133 Å². The zero-order valence-electron chi connectivity index (χ0n) is 35.1. The first-order valence-corrected chi connectivity index (χ1v) is 23.5. The number of phosphoric acid groups is 1. The minimum atomic E-state index is -5.02. The lowest BCUT2D eigenvalue weighted by molar-refractivity contribution is -0.220. The van der Waals surface area contributed by atoms with E-state index in [1.54, 1.807) is 0 Å². The molecule has 6 N–H and O–H groups in total. The quantitative estimate of drug-likeness (QED) is 0.0153. The van der Waals surface area contributed by atoms with Crippen LogP contribution >= 0.6 is 7.82 Å². The normalized spacial score (nSPS) is 23.3. The van der Waals surface area contributed by atoms with E-state index in [2.05, 4.69) is 62.5 Å². The average molecular weight is 831 g/mol. The third-order valence-electron chi connectivity index (χ3n) is 9.94. The number of hydrogen-bond donors (Lipinski definition) is 6. The summed E-state index contributed by atoms with van der Waals surface area (Å²) in [5.74, 6) is -0.492. The molecule has 0 aromatic rings. The first-order valence-electron chi connectivity index (χ1n) is 22.0. The van der Waals surface area contributed by atoms with E-state index < -0.39 is 63.1 Å². The van der Waals surface area contributed by atoms with E-state index in [1.165, 1.54) is 44.9 Å². The van der Waals surface area contributed by atoms with E-state index in [4.69, 9.17) is 18.5 Å². The molecule has 0 amide bonds. The summed E-state index contributed by atoms with van der Waals surface area (Å²) in [6.07, 6.45) is 28.9. The highest BCUT2D eigenvalue weighted by atomic mass is 31.2. The number of aliphatic hydroxyl groups excluding tert-OH is 5. The van der Waals surface area contributed by atoms with Crippen molar-refractivity contribution < 1.29 is 58.3 Å². The molecule has 1 saturated carbocycles. The fourth-order valence-corrected chi connectivity index (χ4v) is 7.39. The van der Waals surface area contributed by atoms with E-state index >= 15 is 0 Å². The van der Waals surface area contributed by atoms with Crippen molar-refractivity contribution in [1.29, 1.82) is 0 Å². The maximum Gasteiger partial charge on any atom is 0.472 e. The molecular weight excluding hydrogens is 751 g/mol. The Labute approximate surface area is 344 Å². The van der Waals surface area contributed by atoms with Gasteiger partial charge in [0.15, 0.2) is 0 Å². The summed E-state index contributed by atoms with van der Waals surface area (Å²) in [5, 5.41) is 50.1. The Morgan fingerprint density at radius 1 is 0.579 bits per heavy atom. The molecule has 1 aliphatic rings. The first kappa shape index (κ1) is 53.3. The van der Waals surface area contributed by atoms with Gasteiger partial charge in [0.05, 0.1) is 13.2 Å². The Balaban J connectivity index is 2.43. The number of phosphoric ester groups is 1. The molecule has 6 unspecified atom stereocenters. The molecule has 57 heavy (non-hydrogen) atoms. The number of carbonyl (C=O) groups excluding carboxylic acids is 1. The number of ether oxygens (including phenoxy) is 2. The summed E-state index contributed by atoms with van der Waals surface area (Å²) in [7, 11) is -5.02. The zero-order valence-corrected chi connectivity index (χ0v) is 36.0. The third-order valence-corrected chi connectivity index (χ3v) is 10.9. The fourth-order valence-electron chi connectivity index (χ4n) is 6.42. The van der Waals surface area contributed by atoms with Crippen molar-refractivity contribution >= 4 is 13.8 Å². The number of carbonyl (C=O) groups is 1. The van der Waals surface area contributed by atoms with Crippen LogP contribution < -0.4 is 0 Å². The van der Waals surface area contributed by atoms with Gasteiger partial charge in [-0.3, -0.25) is 13.8 Å². The molecule has 0 heterocycles. The number of allylic oxidation sites excluding steroid dienone is 8. The summed E-state index contributed by atoms with van der Waals surface area (Å²) >= 11 is 0. The van der Waals surface area contributed by atoms with Crippen LogP contribution in [0.4, 0.5) is 0 Å². The Hall–Kier alpha value is -1.70. The van der Waals surface area contributed by atoms with Crippen LogP contribution in [0.15, 0.2) is 48.6 Å². The monoisotopic (exact) mass is 831 g/mol. The van der Waals surface area contributed by atoms with Gasteiger partial charge < -0.3 is 39.9 Å². The van der Waals surface area contributed by atoms with Crippen molar-refractivity contribution in [2.75, 3.05) is 19.8 Å². The third kappa shape index (κ3) is 27.6. The van der Waals surface area contributed by atoms with Gasteiger partial charge in [-0.2, -0.15) is 0 Å². The van der Waals surface area contributed by atoms with Gasteiger partial charge in [0.1, 0.15) is 42.7 Å². The summed E-state index contributed by atoms with van der Waals surface area (Å²) in [5.41, 5.74) is 0. The number of hydrogen-bond acceptors (Lipinski definition) is 11. The van der Waals surface area contributed by atoms with Gasteiger partial charge >= 0.3 is 13.8 Å². The Kier molecular flexibility index (Phi) is 32.8. The summed E-state index contributed by atoms with van der Waals surface area (Å²) in [6, 6.07) is 0. The second-order valence-corrected chi connectivity index (χ2v) is 16.6. The Morgan fingerprint density at radius 2 is 1.04 bits per heavy atom. The standard InChI is InChI=1S/C44H79O12P/c1-3-5-7-9-11-13-15-17-18-19-20-21-23-25-27-29-31-33-38(45)55-37(35-53-34-32-30-28-26-24-22-16-14-12-10-8-6-4-2)36-54-57(51,52)56-44-42(49)40(47)39(46)41(48)43(44)50/h5,7,11-14,17-18,37,39-44,46-50H,3-4,6,8-10,15-16,19-36H2,1-2H3,(H,51,52)/b7-5-,13-11-,14-12-,18-17-. The van der Waals surface area contributed by atoms with Crippen LogP contribution in [0.5, 0.6) is 0 Å². The van der Waals surface area contributed by atoms with Crippen molar-refractivity contribution in [1.82, 2.24) is 0 Å². The molecule has 0 aromatic carbocycles. The molecular formula is C44H79O12P. The highest BCUT2D eigenvalue weighted by Crippen LogP contribution is 2.47. The van der Waals surface area contributed by atoms with Crippen LogP contribution in [0.1, 0.15) is 162 Å². The molecule has 0 aromatic heterocycles. The minimum Gasteiger partial charge on any atom is -0.457 e. The molecule has 332 valence electrons. The largest absolute Gasteiger partial charge is 0.472 e. The lowest BCUT2D eigenvalue weighted by Crippen LogP contribution is -2.64. The van der Waals surface area contributed by atoms with E-state index in [0.29, 0.717) is 13.0 Å². The van der Waals surface area contributed by atoms with E-state index in [0.717, 1.165) is 89.9 Å². The topological polar surface area (TPSA) is 192 Å². The fraction of sp³-hybridized carbons (Fsp3) is 0.795. The van der Waals surface area contributed by atoms with Crippen LogP contribution in [-0.4, -0.2) is 98.9 Å². The second-order valence-electron chi connectivity index (χ2n) is 15.2. The predicted molar refractivity (Wildman–Crippen MR) is 225 cm³/mol. The van der Waals surface area contributed by atoms with Crippen LogP contribution in [-0.2, 0) is 27.9 Å². The number of aliphatic hydroxyl groups is 5. The van der Waals surface area contributed by atoms with Crippen molar-refractivity contribution in [2.45, 2.75) is 204 Å². The highest BCUT2D eigenvalue weighted by Gasteiger charge is 2.51. The van der Waals surface area contributed by atoms with Gasteiger partial charge in [-0.15, -0.1) is 0 Å². The zero-order chi connectivity index (χ0) is 42.0. The molecule has 12 nitrogen and oxygen atoms in total. The van der Waals surface area contributed by atoms with Crippen molar-refractivity contribution in [3.05, 3.63) is 48.6 Å².